The van der Waals surface area contributed by atoms with Crippen LogP contribution in [-0.2, 0) is 34.1 Å². The van der Waals surface area contributed by atoms with Crippen molar-refractivity contribution in [2.24, 2.45) is 11.7 Å². The first kappa shape index (κ1) is 22.0. The number of aryl methyl sites for hydroxylation is 1. The lowest BCUT2D eigenvalue weighted by atomic mass is 9.66. The number of rotatable bonds is 5. The van der Waals surface area contributed by atoms with E-state index in [4.69, 9.17) is 15.0 Å². The molecular weight excluding hydrogens is 401 g/mol. The Hall–Kier alpha value is -1.77. The number of fused-ring (bicyclic) bond motifs is 2. The molecule has 7 nitrogen and oxygen atoms in total. The lowest BCUT2D eigenvalue weighted by Crippen LogP contribution is -2.41. The summed E-state index contributed by atoms with van der Waals surface area (Å²) < 4.78 is 14.4. The average molecular weight is 437 g/mol. The van der Waals surface area contributed by atoms with Crippen molar-refractivity contribution in [3.8, 4) is 0 Å². The van der Waals surface area contributed by atoms with Gasteiger partial charge in [0.2, 0.25) is 0 Å². The van der Waals surface area contributed by atoms with Gasteiger partial charge in [-0.2, -0.15) is 0 Å². The number of nitrogens with two attached hydrogens (primary N) is 1. The van der Waals surface area contributed by atoms with Gasteiger partial charge >= 0.3 is 7.12 Å². The van der Waals surface area contributed by atoms with Crippen molar-refractivity contribution in [2.45, 2.75) is 95.8 Å². The van der Waals surface area contributed by atoms with Crippen LogP contribution in [-0.4, -0.2) is 45.1 Å². The zero-order valence-electron chi connectivity index (χ0n) is 19.9. The van der Waals surface area contributed by atoms with Crippen LogP contribution >= 0.6 is 0 Å². The number of aromatic nitrogens is 4. The maximum atomic E-state index is 6.29. The van der Waals surface area contributed by atoms with E-state index >= 15 is 0 Å². The molecule has 1 saturated heterocycles. The summed E-state index contributed by atoms with van der Waals surface area (Å²) in [6, 6.07) is 6.95. The Morgan fingerprint density at radius 2 is 1.81 bits per heavy atom. The second-order valence-electron chi connectivity index (χ2n) is 11.0. The summed E-state index contributed by atoms with van der Waals surface area (Å²) in [4.78, 5) is 0. The third-order valence-corrected chi connectivity index (χ3v) is 8.58. The lowest BCUT2D eigenvalue weighted by molar-refractivity contribution is 0.00578. The Balaban J connectivity index is 1.27. The predicted octanol–water partition coefficient (Wildman–Crippen LogP) is 2.55. The zero-order valence-corrected chi connectivity index (χ0v) is 19.9. The number of hydrogen-bond donors (Lipinski definition) is 1. The fourth-order valence-corrected chi connectivity index (χ4v) is 5.85. The van der Waals surface area contributed by atoms with E-state index in [1.54, 1.807) is 5.56 Å². The van der Waals surface area contributed by atoms with E-state index in [0.717, 1.165) is 24.1 Å². The van der Waals surface area contributed by atoms with Gasteiger partial charge in [0.25, 0.3) is 0 Å². The van der Waals surface area contributed by atoms with Crippen LogP contribution in [0.2, 0.25) is 0 Å². The van der Waals surface area contributed by atoms with Crippen LogP contribution in [0.1, 0.15) is 76.8 Å². The highest BCUT2D eigenvalue weighted by atomic mass is 16.7. The minimum atomic E-state index is -0.305. The standard InChI is InChI=1S/C24H36BN5O2/c1-22(2)23(3,4)32-25(31-22)19-5-6-20-18(16-19)9-12-24(20)10-7-17(8-11-24)15-21-27-28-29-30(21)14-13-26/h5-6,16-17H,7-15,26H2,1-4H3/t17-,24-. The maximum Gasteiger partial charge on any atom is 0.494 e. The second-order valence-corrected chi connectivity index (χ2v) is 11.0. The number of hydrogen-bond acceptors (Lipinski definition) is 6. The molecule has 2 aliphatic carbocycles. The van der Waals surface area contributed by atoms with Crippen molar-refractivity contribution in [1.29, 1.82) is 0 Å². The minimum absolute atomic E-state index is 0.280. The highest BCUT2D eigenvalue weighted by Crippen LogP contribution is 2.50. The van der Waals surface area contributed by atoms with E-state index in [1.807, 2.05) is 4.68 Å². The van der Waals surface area contributed by atoms with Crippen LogP contribution in [0.4, 0.5) is 0 Å². The summed E-state index contributed by atoms with van der Waals surface area (Å²) in [6.07, 6.45) is 8.32. The van der Waals surface area contributed by atoms with Crippen molar-refractivity contribution in [1.82, 2.24) is 20.2 Å². The van der Waals surface area contributed by atoms with E-state index in [9.17, 15) is 0 Å². The largest absolute Gasteiger partial charge is 0.494 e. The van der Waals surface area contributed by atoms with Gasteiger partial charge in [0.1, 0.15) is 0 Å². The number of nitrogens with zero attached hydrogens (tertiary/aromatic N) is 4. The van der Waals surface area contributed by atoms with E-state index in [2.05, 4.69) is 61.4 Å². The molecule has 0 atom stereocenters. The fraction of sp³-hybridized carbons (Fsp3) is 0.708. The Labute approximate surface area is 191 Å². The molecule has 0 amide bonds. The lowest BCUT2D eigenvalue weighted by Gasteiger charge is -2.38. The van der Waals surface area contributed by atoms with Gasteiger partial charge in [0.15, 0.2) is 5.82 Å². The molecule has 1 saturated carbocycles. The molecule has 2 heterocycles. The summed E-state index contributed by atoms with van der Waals surface area (Å²) >= 11 is 0. The normalized spacial score (nSPS) is 28.4. The molecule has 5 rings (SSSR count). The molecule has 2 aromatic rings. The summed E-state index contributed by atoms with van der Waals surface area (Å²) in [6.45, 7) is 9.71. The predicted molar refractivity (Wildman–Crippen MR) is 125 cm³/mol. The molecular formula is C24H36BN5O2. The molecule has 1 aromatic carbocycles. The summed E-state index contributed by atoms with van der Waals surface area (Å²) in [5.41, 5.74) is 9.62. The van der Waals surface area contributed by atoms with Crippen LogP contribution < -0.4 is 11.2 Å². The quantitative estimate of drug-likeness (QED) is 0.724. The highest BCUT2D eigenvalue weighted by Gasteiger charge is 2.52. The average Bonchev–Trinajstić information content (AvgIpc) is 3.39. The molecule has 2 N–H and O–H groups in total. The topological polar surface area (TPSA) is 88.1 Å². The van der Waals surface area contributed by atoms with Crippen molar-refractivity contribution in [2.75, 3.05) is 6.54 Å². The summed E-state index contributed by atoms with van der Waals surface area (Å²) in [5.74, 6) is 1.63. The van der Waals surface area contributed by atoms with Gasteiger partial charge in [-0.3, -0.25) is 0 Å². The van der Waals surface area contributed by atoms with Crippen LogP contribution in [0.3, 0.4) is 0 Å². The smallest absolute Gasteiger partial charge is 0.399 e. The van der Waals surface area contributed by atoms with Gasteiger partial charge in [-0.05, 0) is 105 Å². The van der Waals surface area contributed by atoms with Crippen LogP contribution in [0.25, 0.3) is 0 Å². The van der Waals surface area contributed by atoms with Crippen LogP contribution in [0.15, 0.2) is 18.2 Å². The molecule has 8 heteroatoms. The van der Waals surface area contributed by atoms with Crippen molar-refractivity contribution in [3.05, 3.63) is 35.2 Å². The molecule has 3 aliphatic rings. The van der Waals surface area contributed by atoms with E-state index in [1.165, 1.54) is 37.7 Å². The zero-order chi connectivity index (χ0) is 22.6. The first-order valence-electron chi connectivity index (χ1n) is 12.2. The SMILES string of the molecule is CC1(C)OB(c2ccc3c(c2)CC[C@]32CC[C@@H](Cc3nnnn3CCN)CC2)OC1(C)C. The minimum Gasteiger partial charge on any atom is -0.399 e. The molecule has 0 unspecified atom stereocenters. The molecule has 1 aliphatic heterocycles. The van der Waals surface area contributed by atoms with E-state index in [0.29, 0.717) is 24.4 Å². The Morgan fingerprint density at radius 1 is 1.09 bits per heavy atom. The Morgan fingerprint density at radius 3 is 2.50 bits per heavy atom. The molecule has 2 fully saturated rings. The van der Waals surface area contributed by atoms with Crippen molar-refractivity contribution < 1.29 is 9.31 Å². The van der Waals surface area contributed by atoms with E-state index in [-0.39, 0.29) is 18.3 Å². The number of benzene rings is 1. The third kappa shape index (κ3) is 3.70. The molecule has 1 aromatic heterocycles. The van der Waals surface area contributed by atoms with Gasteiger partial charge < -0.3 is 15.0 Å². The van der Waals surface area contributed by atoms with Crippen LogP contribution in [0, 0.1) is 5.92 Å². The summed E-state index contributed by atoms with van der Waals surface area (Å²) in [7, 11) is -0.280. The fourth-order valence-electron chi connectivity index (χ4n) is 5.85. The van der Waals surface area contributed by atoms with E-state index < -0.39 is 0 Å². The van der Waals surface area contributed by atoms with Gasteiger partial charge in [0.05, 0.1) is 17.7 Å². The molecule has 32 heavy (non-hydrogen) atoms. The first-order chi connectivity index (χ1) is 15.2. The van der Waals surface area contributed by atoms with Gasteiger partial charge in [-0.1, -0.05) is 18.2 Å². The van der Waals surface area contributed by atoms with Crippen LogP contribution in [0.5, 0.6) is 0 Å². The number of tetrazole rings is 1. The van der Waals surface area contributed by atoms with Crippen molar-refractivity contribution in [3.63, 3.8) is 0 Å². The molecule has 0 radical (unpaired) electrons. The van der Waals surface area contributed by atoms with Gasteiger partial charge in [-0.25, -0.2) is 4.68 Å². The first-order valence-corrected chi connectivity index (χ1v) is 12.2. The van der Waals surface area contributed by atoms with Crippen molar-refractivity contribution >= 4 is 12.6 Å². The monoisotopic (exact) mass is 437 g/mol. The maximum absolute atomic E-state index is 6.29. The third-order valence-electron chi connectivity index (χ3n) is 8.58. The van der Waals surface area contributed by atoms with Gasteiger partial charge in [0, 0.05) is 13.0 Å². The Kier molecular flexibility index (Phi) is 5.46. The highest BCUT2D eigenvalue weighted by molar-refractivity contribution is 6.62. The molecule has 1 spiro atoms. The van der Waals surface area contributed by atoms with Gasteiger partial charge in [-0.15, -0.1) is 5.10 Å². The molecule has 172 valence electrons. The second kappa shape index (κ2) is 7.92. The Bertz CT molecular complexity index is 965. The summed E-state index contributed by atoms with van der Waals surface area (Å²) in [5, 5.41) is 12.2. The molecule has 0 bridgehead atoms.